The molecule has 0 aromatic heterocycles. The molecule has 1 aromatic carbocycles. The van der Waals surface area contributed by atoms with Crippen LogP contribution in [0, 0.1) is 0 Å². The quantitative estimate of drug-likeness (QED) is 0.835. The van der Waals surface area contributed by atoms with Crippen molar-refractivity contribution in [2.24, 2.45) is 0 Å². The molecule has 0 aliphatic carbocycles. The van der Waals surface area contributed by atoms with E-state index in [-0.39, 0.29) is 12.2 Å². The molecule has 0 radical (unpaired) electrons. The van der Waals surface area contributed by atoms with Crippen LogP contribution < -0.4 is 5.32 Å². The van der Waals surface area contributed by atoms with Crippen LogP contribution in [0.5, 0.6) is 0 Å². The average Bonchev–Trinajstić information content (AvgIpc) is 2.23. The van der Waals surface area contributed by atoms with Crippen molar-refractivity contribution in [1.82, 2.24) is 5.32 Å². The Morgan fingerprint density at radius 1 is 1.24 bits per heavy atom. The summed E-state index contributed by atoms with van der Waals surface area (Å²) in [5.74, 6) is 0. The summed E-state index contributed by atoms with van der Waals surface area (Å²) < 4.78 is 5.92. The van der Waals surface area contributed by atoms with Crippen molar-refractivity contribution in [1.29, 1.82) is 0 Å². The zero-order valence-electron chi connectivity index (χ0n) is 11.0. The molecular weight excluding hydrogens is 234 g/mol. The first kappa shape index (κ1) is 14.5. The third-order valence-corrected chi connectivity index (χ3v) is 2.60. The number of rotatable bonds is 6. The standard InChI is InChI=1S/C14H22ClNO/c1-10(2)16-9-14(17-11(3)4)12-6-5-7-13(15)8-12/h5-8,10-11,14,16H,9H2,1-4H3. The molecule has 0 bridgehead atoms. The van der Waals surface area contributed by atoms with Gasteiger partial charge in [-0.3, -0.25) is 0 Å². The van der Waals surface area contributed by atoms with Gasteiger partial charge < -0.3 is 10.1 Å². The summed E-state index contributed by atoms with van der Waals surface area (Å²) in [5.41, 5.74) is 1.12. The summed E-state index contributed by atoms with van der Waals surface area (Å²) >= 11 is 6.01. The molecule has 0 heterocycles. The van der Waals surface area contributed by atoms with E-state index in [0.717, 1.165) is 17.1 Å². The predicted octanol–water partition coefficient (Wildman–Crippen LogP) is 3.80. The zero-order chi connectivity index (χ0) is 12.8. The lowest BCUT2D eigenvalue weighted by Crippen LogP contribution is -2.30. The summed E-state index contributed by atoms with van der Waals surface area (Å²) in [7, 11) is 0. The SMILES string of the molecule is CC(C)NCC(OC(C)C)c1cccc(Cl)c1. The molecule has 1 aromatic rings. The van der Waals surface area contributed by atoms with Crippen molar-refractivity contribution >= 4 is 11.6 Å². The van der Waals surface area contributed by atoms with E-state index in [2.05, 4.69) is 25.2 Å². The lowest BCUT2D eigenvalue weighted by Gasteiger charge is -2.22. The minimum atomic E-state index is 0.0519. The molecule has 2 nitrogen and oxygen atoms in total. The van der Waals surface area contributed by atoms with Gasteiger partial charge in [0.05, 0.1) is 12.2 Å². The van der Waals surface area contributed by atoms with E-state index in [9.17, 15) is 0 Å². The van der Waals surface area contributed by atoms with Gasteiger partial charge in [-0.15, -0.1) is 0 Å². The first-order valence-corrected chi connectivity index (χ1v) is 6.51. The van der Waals surface area contributed by atoms with Crippen LogP contribution in [-0.4, -0.2) is 18.7 Å². The molecule has 0 saturated heterocycles. The molecule has 0 spiro atoms. The van der Waals surface area contributed by atoms with Crippen molar-refractivity contribution in [3.8, 4) is 0 Å². The van der Waals surface area contributed by atoms with Crippen molar-refractivity contribution in [2.45, 2.75) is 45.9 Å². The maximum atomic E-state index is 6.01. The van der Waals surface area contributed by atoms with Gasteiger partial charge in [-0.2, -0.15) is 0 Å². The molecule has 1 atom stereocenters. The molecular formula is C14H22ClNO. The highest BCUT2D eigenvalue weighted by Gasteiger charge is 2.14. The van der Waals surface area contributed by atoms with Gasteiger partial charge in [0.25, 0.3) is 0 Å². The van der Waals surface area contributed by atoms with Gasteiger partial charge in [0.15, 0.2) is 0 Å². The highest BCUT2D eigenvalue weighted by Crippen LogP contribution is 2.21. The van der Waals surface area contributed by atoms with E-state index in [1.54, 1.807) is 0 Å². The Morgan fingerprint density at radius 3 is 2.47 bits per heavy atom. The van der Waals surface area contributed by atoms with Crippen LogP contribution >= 0.6 is 11.6 Å². The summed E-state index contributed by atoms with van der Waals surface area (Å²) in [6, 6.07) is 8.32. The van der Waals surface area contributed by atoms with Crippen LogP contribution in [0.3, 0.4) is 0 Å². The minimum absolute atomic E-state index is 0.0519. The number of ether oxygens (including phenoxy) is 1. The highest BCUT2D eigenvalue weighted by atomic mass is 35.5. The van der Waals surface area contributed by atoms with E-state index in [0.29, 0.717) is 6.04 Å². The Morgan fingerprint density at radius 2 is 1.94 bits per heavy atom. The van der Waals surface area contributed by atoms with E-state index in [1.807, 2.05) is 32.0 Å². The predicted molar refractivity (Wildman–Crippen MR) is 73.6 cm³/mol. The molecule has 3 heteroatoms. The highest BCUT2D eigenvalue weighted by molar-refractivity contribution is 6.30. The summed E-state index contributed by atoms with van der Waals surface area (Å²) in [5, 5.41) is 4.15. The van der Waals surface area contributed by atoms with Gasteiger partial charge in [0.1, 0.15) is 0 Å². The third-order valence-electron chi connectivity index (χ3n) is 2.37. The van der Waals surface area contributed by atoms with E-state index in [4.69, 9.17) is 16.3 Å². The molecule has 1 unspecified atom stereocenters. The number of benzene rings is 1. The fourth-order valence-electron chi connectivity index (χ4n) is 1.62. The second-order valence-corrected chi connectivity index (χ2v) is 5.23. The summed E-state index contributed by atoms with van der Waals surface area (Å²) in [6.07, 6.45) is 0.254. The summed E-state index contributed by atoms with van der Waals surface area (Å²) in [4.78, 5) is 0. The Balaban J connectivity index is 2.74. The molecule has 96 valence electrons. The van der Waals surface area contributed by atoms with Crippen LogP contribution in [0.2, 0.25) is 5.02 Å². The molecule has 0 aliphatic rings. The first-order valence-electron chi connectivity index (χ1n) is 6.13. The lowest BCUT2D eigenvalue weighted by atomic mass is 10.1. The first-order chi connectivity index (χ1) is 7.99. The van der Waals surface area contributed by atoms with Gasteiger partial charge in [-0.05, 0) is 31.5 Å². The number of nitrogens with one attached hydrogen (secondary N) is 1. The van der Waals surface area contributed by atoms with Crippen LogP contribution in [0.4, 0.5) is 0 Å². The fraction of sp³-hybridized carbons (Fsp3) is 0.571. The molecule has 1 N–H and O–H groups in total. The Hall–Kier alpha value is -0.570. The Kier molecular flexibility index (Phi) is 5.96. The van der Waals surface area contributed by atoms with E-state index in [1.165, 1.54) is 0 Å². The molecule has 0 saturated carbocycles. The lowest BCUT2D eigenvalue weighted by molar-refractivity contribution is 0.00618. The minimum Gasteiger partial charge on any atom is -0.370 e. The number of hydrogen-bond donors (Lipinski definition) is 1. The van der Waals surface area contributed by atoms with E-state index >= 15 is 0 Å². The Bertz CT molecular complexity index is 339. The van der Waals surface area contributed by atoms with Crippen LogP contribution in [0.15, 0.2) is 24.3 Å². The van der Waals surface area contributed by atoms with Crippen molar-refractivity contribution < 1.29 is 4.74 Å². The molecule has 17 heavy (non-hydrogen) atoms. The zero-order valence-corrected chi connectivity index (χ0v) is 11.8. The molecule has 0 fully saturated rings. The fourth-order valence-corrected chi connectivity index (χ4v) is 1.82. The van der Waals surface area contributed by atoms with Crippen molar-refractivity contribution in [3.63, 3.8) is 0 Å². The molecule has 0 amide bonds. The normalized spacial score (nSPS) is 13.4. The van der Waals surface area contributed by atoms with Crippen molar-refractivity contribution in [2.75, 3.05) is 6.54 Å². The van der Waals surface area contributed by atoms with E-state index < -0.39 is 0 Å². The average molecular weight is 256 g/mol. The van der Waals surface area contributed by atoms with Gasteiger partial charge in [-0.25, -0.2) is 0 Å². The summed E-state index contributed by atoms with van der Waals surface area (Å²) in [6.45, 7) is 9.16. The smallest absolute Gasteiger partial charge is 0.0953 e. The number of hydrogen-bond acceptors (Lipinski definition) is 2. The Labute approximate surface area is 109 Å². The maximum Gasteiger partial charge on any atom is 0.0953 e. The van der Waals surface area contributed by atoms with Gasteiger partial charge in [0.2, 0.25) is 0 Å². The van der Waals surface area contributed by atoms with Gasteiger partial charge >= 0.3 is 0 Å². The van der Waals surface area contributed by atoms with Gasteiger partial charge in [-0.1, -0.05) is 37.6 Å². The monoisotopic (exact) mass is 255 g/mol. The topological polar surface area (TPSA) is 21.3 Å². The van der Waals surface area contributed by atoms with Crippen LogP contribution in [0.25, 0.3) is 0 Å². The van der Waals surface area contributed by atoms with Crippen molar-refractivity contribution in [3.05, 3.63) is 34.9 Å². The second-order valence-electron chi connectivity index (χ2n) is 4.79. The maximum absolute atomic E-state index is 6.01. The molecule has 1 rings (SSSR count). The second kappa shape index (κ2) is 7.00. The van der Waals surface area contributed by atoms with Crippen LogP contribution in [0.1, 0.15) is 39.4 Å². The largest absolute Gasteiger partial charge is 0.370 e. The van der Waals surface area contributed by atoms with Gasteiger partial charge in [0, 0.05) is 17.6 Å². The molecule has 0 aliphatic heterocycles. The third kappa shape index (κ3) is 5.53. The van der Waals surface area contributed by atoms with Crippen LogP contribution in [-0.2, 0) is 4.74 Å². The number of halogens is 1.